The molecular weight excluding hydrogens is 516 g/mol. The van der Waals surface area contributed by atoms with Gasteiger partial charge in [0, 0.05) is 18.7 Å². The number of piperidine rings is 1. The number of likely N-dealkylation sites (tertiary alicyclic amines) is 1. The molecule has 10 heteroatoms. The van der Waals surface area contributed by atoms with E-state index in [2.05, 4.69) is 57.2 Å². The van der Waals surface area contributed by atoms with Crippen molar-refractivity contribution < 1.29 is 9.47 Å². The second-order valence-corrected chi connectivity index (χ2v) is 10.3. The number of amidine groups is 1. The van der Waals surface area contributed by atoms with E-state index in [-0.39, 0.29) is 6.10 Å². The van der Waals surface area contributed by atoms with E-state index < -0.39 is 0 Å². The van der Waals surface area contributed by atoms with Gasteiger partial charge in [0.2, 0.25) is 5.88 Å². The van der Waals surface area contributed by atoms with Crippen LogP contribution in [0.5, 0.6) is 11.5 Å². The van der Waals surface area contributed by atoms with Gasteiger partial charge in [0.25, 0.3) is 0 Å². The minimum Gasteiger partial charge on any atom is -0.487 e. The summed E-state index contributed by atoms with van der Waals surface area (Å²) >= 11 is 0. The maximum atomic E-state index is 9.23. The molecule has 2 N–H and O–H groups in total. The number of aliphatic imine (C=N–C) groups is 1. The van der Waals surface area contributed by atoms with Crippen LogP contribution in [0.3, 0.4) is 0 Å². The number of hydrogen-bond acceptors (Lipinski definition) is 10. The summed E-state index contributed by atoms with van der Waals surface area (Å²) in [6.07, 6.45) is 11.5. The molecule has 6 rings (SSSR count). The molecule has 2 saturated heterocycles. The molecule has 0 spiro atoms. The number of rotatable bonds is 7. The Bertz CT molecular complexity index is 1520. The van der Waals surface area contributed by atoms with Crippen molar-refractivity contribution in [3.05, 3.63) is 95.8 Å². The standard InChI is InChI=1S/C31H32N8O2/c1-38-14-12-25(13-15-38)40-27-19-33-30(34-20-27)24-8-4-7-23(16-24)21-39-31-28(36-37-39)10-2-3-11-29(35-31)41-26-9-5-6-22(17-26)18-32/h4-11,16-17,19-20,25,36-37H,2-3,12-15,21H2,1H3. The van der Waals surface area contributed by atoms with Gasteiger partial charge in [0.1, 0.15) is 11.9 Å². The predicted octanol–water partition coefficient (Wildman–Crippen LogP) is 4.31. The fraction of sp³-hybridized carbons (Fsp3) is 0.290. The number of aromatic nitrogens is 2. The number of nitriles is 1. The highest BCUT2D eigenvalue weighted by Gasteiger charge is 2.25. The van der Waals surface area contributed by atoms with Gasteiger partial charge in [-0.15, -0.1) is 5.53 Å². The Morgan fingerprint density at radius 2 is 1.80 bits per heavy atom. The molecule has 2 aromatic carbocycles. The van der Waals surface area contributed by atoms with Crippen LogP contribution in [0.25, 0.3) is 11.4 Å². The van der Waals surface area contributed by atoms with Crippen molar-refractivity contribution in [1.29, 1.82) is 5.26 Å². The lowest BCUT2D eigenvalue weighted by Gasteiger charge is -2.29. The summed E-state index contributed by atoms with van der Waals surface area (Å²) in [7, 11) is 2.14. The molecule has 10 nitrogen and oxygen atoms in total. The van der Waals surface area contributed by atoms with Gasteiger partial charge in [-0.05, 0) is 68.6 Å². The van der Waals surface area contributed by atoms with Gasteiger partial charge in [-0.3, -0.25) is 5.01 Å². The number of nitrogens with one attached hydrogen (secondary N) is 2. The first-order valence-electron chi connectivity index (χ1n) is 13.9. The Morgan fingerprint density at radius 1 is 1.00 bits per heavy atom. The largest absolute Gasteiger partial charge is 0.487 e. The van der Waals surface area contributed by atoms with E-state index in [4.69, 9.17) is 14.5 Å². The number of fused-ring (bicyclic) bond motifs is 1. The summed E-state index contributed by atoms with van der Waals surface area (Å²) in [6.45, 7) is 2.64. The molecule has 0 amide bonds. The molecule has 41 heavy (non-hydrogen) atoms. The molecule has 0 aliphatic carbocycles. The fourth-order valence-electron chi connectivity index (χ4n) is 4.97. The number of nitrogens with zero attached hydrogens (tertiary/aromatic N) is 6. The van der Waals surface area contributed by atoms with Crippen LogP contribution < -0.4 is 20.4 Å². The molecular formula is C31H32N8O2. The normalized spacial score (nSPS) is 17.7. The molecule has 0 radical (unpaired) electrons. The monoisotopic (exact) mass is 548 g/mol. The number of allylic oxidation sites excluding steroid dienone is 2. The highest BCUT2D eigenvalue weighted by Crippen LogP contribution is 2.24. The van der Waals surface area contributed by atoms with Crippen LogP contribution in [0.4, 0.5) is 0 Å². The predicted molar refractivity (Wildman–Crippen MR) is 155 cm³/mol. The minimum atomic E-state index is 0.212. The van der Waals surface area contributed by atoms with Gasteiger partial charge in [-0.25, -0.2) is 9.97 Å². The first kappa shape index (κ1) is 26.5. The third-order valence-electron chi connectivity index (χ3n) is 7.18. The van der Waals surface area contributed by atoms with Crippen LogP contribution in [-0.2, 0) is 6.54 Å². The molecule has 0 unspecified atom stereocenters. The van der Waals surface area contributed by atoms with Crippen LogP contribution in [0, 0.1) is 11.3 Å². The number of ether oxygens (including phenoxy) is 2. The first-order chi connectivity index (χ1) is 20.1. The van der Waals surface area contributed by atoms with E-state index in [0.717, 1.165) is 61.4 Å². The Morgan fingerprint density at radius 3 is 2.63 bits per heavy atom. The number of benzene rings is 2. The van der Waals surface area contributed by atoms with Crippen LogP contribution in [0.15, 0.2) is 89.6 Å². The summed E-state index contributed by atoms with van der Waals surface area (Å²) in [5, 5.41) is 11.2. The average molecular weight is 549 g/mol. The summed E-state index contributed by atoms with van der Waals surface area (Å²) in [5.41, 5.74) is 9.87. The lowest BCUT2D eigenvalue weighted by atomic mass is 10.1. The van der Waals surface area contributed by atoms with E-state index in [1.165, 1.54) is 0 Å². The van der Waals surface area contributed by atoms with Crippen LogP contribution >= 0.6 is 0 Å². The molecule has 0 saturated carbocycles. The van der Waals surface area contributed by atoms with Crippen molar-refractivity contribution >= 4 is 5.84 Å². The molecule has 2 fully saturated rings. The van der Waals surface area contributed by atoms with Crippen LogP contribution in [-0.4, -0.2) is 52.0 Å². The Hall–Kier alpha value is -4.72. The van der Waals surface area contributed by atoms with Gasteiger partial charge < -0.3 is 19.8 Å². The van der Waals surface area contributed by atoms with Crippen molar-refractivity contribution in [2.24, 2.45) is 4.99 Å². The first-order valence-corrected chi connectivity index (χ1v) is 13.9. The molecule has 208 valence electrons. The van der Waals surface area contributed by atoms with E-state index in [0.29, 0.717) is 35.3 Å². The molecule has 0 bridgehead atoms. The highest BCUT2D eigenvalue weighted by molar-refractivity contribution is 5.99. The molecule has 4 heterocycles. The molecule has 1 aromatic heterocycles. The Balaban J connectivity index is 1.15. The van der Waals surface area contributed by atoms with E-state index in [1.807, 2.05) is 29.3 Å². The zero-order chi connectivity index (χ0) is 28.0. The quantitative estimate of drug-likeness (QED) is 0.446. The zero-order valence-corrected chi connectivity index (χ0v) is 23.0. The van der Waals surface area contributed by atoms with Gasteiger partial charge in [0.15, 0.2) is 17.4 Å². The van der Waals surface area contributed by atoms with Gasteiger partial charge in [-0.1, -0.05) is 30.3 Å². The van der Waals surface area contributed by atoms with Gasteiger partial charge in [0.05, 0.1) is 36.3 Å². The topological polar surface area (TPSA) is 111 Å². The Labute approximate surface area is 239 Å². The maximum Gasteiger partial charge on any atom is 0.217 e. The summed E-state index contributed by atoms with van der Waals surface area (Å²) < 4.78 is 12.2. The SMILES string of the molecule is CN1CCC(Oc2cnc(-c3cccc(CN4NNC5=CCCC=C(Oc6cccc(C#N)c6)N=C54)c3)nc2)CC1. The van der Waals surface area contributed by atoms with Gasteiger partial charge >= 0.3 is 0 Å². The fourth-order valence-corrected chi connectivity index (χ4v) is 4.97. The molecule has 0 atom stereocenters. The second-order valence-electron chi connectivity index (χ2n) is 10.3. The third kappa shape index (κ3) is 6.54. The highest BCUT2D eigenvalue weighted by atomic mass is 16.5. The van der Waals surface area contributed by atoms with Crippen molar-refractivity contribution in [2.75, 3.05) is 20.1 Å². The van der Waals surface area contributed by atoms with Crippen molar-refractivity contribution in [1.82, 2.24) is 30.8 Å². The minimum absolute atomic E-state index is 0.212. The van der Waals surface area contributed by atoms with Gasteiger partial charge in [-0.2, -0.15) is 10.3 Å². The lowest BCUT2D eigenvalue weighted by Crippen LogP contribution is -2.37. The zero-order valence-electron chi connectivity index (χ0n) is 23.0. The van der Waals surface area contributed by atoms with Crippen molar-refractivity contribution in [3.8, 4) is 29.0 Å². The average Bonchev–Trinajstić information content (AvgIpc) is 3.35. The van der Waals surface area contributed by atoms with Crippen LogP contribution in [0.1, 0.15) is 36.8 Å². The third-order valence-corrected chi connectivity index (χ3v) is 7.18. The molecule has 3 aliphatic rings. The second kappa shape index (κ2) is 12.2. The Kier molecular flexibility index (Phi) is 7.89. The number of hydrogen-bond donors (Lipinski definition) is 2. The number of hydrazine groups is 2. The van der Waals surface area contributed by atoms with E-state index in [9.17, 15) is 5.26 Å². The van der Waals surface area contributed by atoms with E-state index in [1.54, 1.807) is 30.6 Å². The summed E-state index contributed by atoms with van der Waals surface area (Å²) in [4.78, 5) is 16.3. The maximum absolute atomic E-state index is 9.23. The summed E-state index contributed by atoms with van der Waals surface area (Å²) in [6, 6.07) is 17.4. The van der Waals surface area contributed by atoms with Crippen molar-refractivity contribution in [3.63, 3.8) is 0 Å². The smallest absolute Gasteiger partial charge is 0.217 e. The van der Waals surface area contributed by atoms with Crippen molar-refractivity contribution in [2.45, 2.75) is 38.3 Å². The van der Waals surface area contributed by atoms with Crippen LogP contribution in [0.2, 0.25) is 0 Å². The lowest BCUT2D eigenvalue weighted by molar-refractivity contribution is 0.113. The van der Waals surface area contributed by atoms with E-state index >= 15 is 0 Å². The molecule has 3 aromatic rings. The molecule has 3 aliphatic heterocycles. The summed E-state index contributed by atoms with van der Waals surface area (Å²) in [5.74, 6) is 3.15.